The van der Waals surface area contributed by atoms with Gasteiger partial charge < -0.3 is 0 Å². The zero-order valence-corrected chi connectivity index (χ0v) is 10.1. The van der Waals surface area contributed by atoms with Gasteiger partial charge in [0.25, 0.3) is 0 Å². The van der Waals surface area contributed by atoms with Gasteiger partial charge in [-0.25, -0.2) is 0 Å². The van der Waals surface area contributed by atoms with E-state index in [0.717, 1.165) is 12.1 Å². The Morgan fingerprint density at radius 3 is 2.31 bits per heavy atom. The number of aryl methyl sites for hydroxylation is 3. The Hall–Kier alpha value is -1.63. The molecule has 16 heavy (non-hydrogen) atoms. The lowest BCUT2D eigenvalue weighted by Gasteiger charge is -2.06. The van der Waals surface area contributed by atoms with Crippen molar-refractivity contribution in [3.05, 3.63) is 53.2 Å². The quantitative estimate of drug-likeness (QED) is 0.733. The molecule has 1 nitrogen and oxygen atoms in total. The highest BCUT2D eigenvalue weighted by atomic mass is 14.7. The molecule has 0 aliphatic heterocycles. The van der Waals surface area contributed by atoms with Crippen LogP contribution in [0.25, 0.3) is 11.3 Å². The molecule has 0 spiro atoms. The summed E-state index contributed by atoms with van der Waals surface area (Å²) >= 11 is 0. The average molecular weight is 211 g/mol. The molecule has 2 aromatic rings. The minimum atomic E-state index is 1.05. The van der Waals surface area contributed by atoms with E-state index in [1.807, 2.05) is 6.20 Å². The Balaban J connectivity index is 2.41. The lowest BCUT2D eigenvalue weighted by molar-refractivity contribution is 1.07. The molecule has 0 saturated carbocycles. The van der Waals surface area contributed by atoms with Gasteiger partial charge >= 0.3 is 0 Å². The smallest absolute Gasteiger partial charge is 0.0704 e. The van der Waals surface area contributed by atoms with E-state index in [2.05, 4.69) is 56.1 Å². The lowest BCUT2D eigenvalue weighted by Crippen LogP contribution is -1.91. The average Bonchev–Trinajstić information content (AvgIpc) is 2.30. The normalized spacial score (nSPS) is 10.4. The molecule has 2 rings (SSSR count). The summed E-state index contributed by atoms with van der Waals surface area (Å²) in [6.07, 6.45) is 3.04. The highest BCUT2D eigenvalue weighted by molar-refractivity contribution is 5.60. The van der Waals surface area contributed by atoms with E-state index in [1.54, 1.807) is 0 Å². The summed E-state index contributed by atoms with van der Waals surface area (Å²) in [7, 11) is 0. The molecule has 0 aliphatic carbocycles. The number of pyridine rings is 1. The van der Waals surface area contributed by atoms with Crippen LogP contribution in [0.2, 0.25) is 0 Å². The molecule has 1 aromatic carbocycles. The first-order valence-electron chi connectivity index (χ1n) is 5.73. The molecule has 0 aliphatic rings. The van der Waals surface area contributed by atoms with Gasteiger partial charge in [-0.1, -0.05) is 36.8 Å². The van der Waals surface area contributed by atoms with E-state index in [4.69, 9.17) is 0 Å². The molecule has 1 aromatic heterocycles. The molecule has 0 bridgehead atoms. The first kappa shape index (κ1) is 10.9. The summed E-state index contributed by atoms with van der Waals surface area (Å²) < 4.78 is 0. The lowest BCUT2D eigenvalue weighted by atomic mass is 10.0. The van der Waals surface area contributed by atoms with Crippen molar-refractivity contribution in [1.29, 1.82) is 0 Å². The van der Waals surface area contributed by atoms with Gasteiger partial charge in [-0.05, 0) is 37.5 Å². The maximum absolute atomic E-state index is 4.51. The predicted molar refractivity (Wildman–Crippen MR) is 68.5 cm³/mol. The molecular formula is C15H17N. The fourth-order valence-electron chi connectivity index (χ4n) is 1.84. The second-order valence-corrected chi connectivity index (χ2v) is 4.22. The van der Waals surface area contributed by atoms with E-state index in [0.29, 0.717) is 0 Å². The molecule has 0 amide bonds. The van der Waals surface area contributed by atoms with Gasteiger partial charge in [0.2, 0.25) is 0 Å². The van der Waals surface area contributed by atoms with Crippen molar-refractivity contribution in [1.82, 2.24) is 4.98 Å². The molecule has 82 valence electrons. The maximum Gasteiger partial charge on any atom is 0.0704 e. The van der Waals surface area contributed by atoms with Crippen molar-refractivity contribution in [3.8, 4) is 11.3 Å². The van der Waals surface area contributed by atoms with E-state index >= 15 is 0 Å². The van der Waals surface area contributed by atoms with Crippen molar-refractivity contribution >= 4 is 0 Å². The van der Waals surface area contributed by atoms with Gasteiger partial charge in [-0.15, -0.1) is 0 Å². The van der Waals surface area contributed by atoms with E-state index in [1.165, 1.54) is 22.3 Å². The number of nitrogens with zero attached hydrogens (tertiary/aromatic N) is 1. The highest BCUT2D eigenvalue weighted by Gasteiger charge is 2.02. The minimum Gasteiger partial charge on any atom is -0.256 e. The molecule has 1 heteroatoms. The molecule has 0 atom stereocenters. The summed E-state index contributed by atoms with van der Waals surface area (Å²) in [4.78, 5) is 4.51. The van der Waals surface area contributed by atoms with Crippen LogP contribution >= 0.6 is 0 Å². The topological polar surface area (TPSA) is 12.9 Å². The highest BCUT2D eigenvalue weighted by Crippen LogP contribution is 2.20. The molecule has 0 unspecified atom stereocenters. The van der Waals surface area contributed by atoms with Crippen molar-refractivity contribution in [3.63, 3.8) is 0 Å². The van der Waals surface area contributed by atoms with Crippen LogP contribution in [-0.2, 0) is 6.42 Å². The number of benzene rings is 1. The minimum absolute atomic E-state index is 1.05. The Morgan fingerprint density at radius 2 is 1.75 bits per heavy atom. The Morgan fingerprint density at radius 1 is 1.06 bits per heavy atom. The molecule has 0 N–H and O–H groups in total. The molecule has 1 heterocycles. The molecule has 0 fully saturated rings. The first-order chi connectivity index (χ1) is 7.70. The molecule has 0 radical (unpaired) electrons. The number of rotatable bonds is 2. The molecular weight excluding hydrogens is 194 g/mol. The Labute approximate surface area is 97.2 Å². The summed E-state index contributed by atoms with van der Waals surface area (Å²) in [6.45, 7) is 6.41. The van der Waals surface area contributed by atoms with Gasteiger partial charge in [0, 0.05) is 11.8 Å². The largest absolute Gasteiger partial charge is 0.256 e. The monoisotopic (exact) mass is 211 g/mol. The molecule has 0 saturated heterocycles. The fraction of sp³-hybridized carbons (Fsp3) is 0.267. The third-order valence-corrected chi connectivity index (χ3v) is 2.95. The third kappa shape index (κ3) is 2.13. The number of hydrogen-bond donors (Lipinski definition) is 0. The summed E-state index contributed by atoms with van der Waals surface area (Å²) in [5.74, 6) is 0. The standard InChI is InChI=1S/C15H17N/c1-4-13-10-16-15(9-12(13)3)14-7-5-11(2)6-8-14/h5-10H,4H2,1-3H3. The second-order valence-electron chi connectivity index (χ2n) is 4.22. The van der Waals surface area contributed by atoms with E-state index in [-0.39, 0.29) is 0 Å². The Kier molecular flexibility index (Phi) is 3.04. The van der Waals surface area contributed by atoms with Crippen LogP contribution in [0.15, 0.2) is 36.5 Å². The van der Waals surface area contributed by atoms with Crippen molar-refractivity contribution in [2.24, 2.45) is 0 Å². The zero-order valence-electron chi connectivity index (χ0n) is 10.1. The first-order valence-corrected chi connectivity index (χ1v) is 5.73. The SMILES string of the molecule is CCc1cnc(-c2ccc(C)cc2)cc1C. The number of hydrogen-bond acceptors (Lipinski definition) is 1. The zero-order chi connectivity index (χ0) is 11.5. The van der Waals surface area contributed by atoms with Gasteiger partial charge in [0.15, 0.2) is 0 Å². The summed E-state index contributed by atoms with van der Waals surface area (Å²) in [5.41, 5.74) is 6.20. The number of aromatic nitrogens is 1. The van der Waals surface area contributed by atoms with Crippen molar-refractivity contribution in [2.45, 2.75) is 27.2 Å². The van der Waals surface area contributed by atoms with Gasteiger partial charge in [0.05, 0.1) is 5.69 Å². The fourth-order valence-corrected chi connectivity index (χ4v) is 1.84. The van der Waals surface area contributed by atoms with Crippen LogP contribution < -0.4 is 0 Å². The summed E-state index contributed by atoms with van der Waals surface area (Å²) in [5, 5.41) is 0. The van der Waals surface area contributed by atoms with Crippen LogP contribution in [0.4, 0.5) is 0 Å². The van der Waals surface area contributed by atoms with Gasteiger partial charge in [0.1, 0.15) is 0 Å². The van der Waals surface area contributed by atoms with Crippen molar-refractivity contribution < 1.29 is 0 Å². The van der Waals surface area contributed by atoms with Crippen LogP contribution in [0, 0.1) is 13.8 Å². The second kappa shape index (κ2) is 4.48. The van der Waals surface area contributed by atoms with E-state index in [9.17, 15) is 0 Å². The van der Waals surface area contributed by atoms with Crippen molar-refractivity contribution in [2.75, 3.05) is 0 Å². The van der Waals surface area contributed by atoms with Gasteiger partial charge in [-0.3, -0.25) is 4.98 Å². The van der Waals surface area contributed by atoms with Crippen LogP contribution in [-0.4, -0.2) is 4.98 Å². The van der Waals surface area contributed by atoms with Gasteiger partial charge in [-0.2, -0.15) is 0 Å². The Bertz CT molecular complexity index is 483. The van der Waals surface area contributed by atoms with E-state index < -0.39 is 0 Å². The predicted octanol–water partition coefficient (Wildman–Crippen LogP) is 3.93. The van der Waals surface area contributed by atoms with Crippen LogP contribution in [0.1, 0.15) is 23.6 Å². The third-order valence-electron chi connectivity index (χ3n) is 2.95. The summed E-state index contributed by atoms with van der Waals surface area (Å²) in [6, 6.07) is 10.7. The maximum atomic E-state index is 4.51. The van der Waals surface area contributed by atoms with Crippen LogP contribution in [0.5, 0.6) is 0 Å². The van der Waals surface area contributed by atoms with Crippen LogP contribution in [0.3, 0.4) is 0 Å².